The molecule has 6 heteroatoms. The maximum atomic E-state index is 14.4. The van der Waals surface area contributed by atoms with Crippen LogP contribution in [-0.4, -0.2) is 11.7 Å². The van der Waals surface area contributed by atoms with Crippen molar-refractivity contribution in [3.63, 3.8) is 0 Å². The Hall–Kier alpha value is -2.83. The predicted octanol–water partition coefficient (Wildman–Crippen LogP) is 5.47. The first-order valence-electron chi connectivity index (χ1n) is 9.23. The molecule has 0 radical (unpaired) electrons. The van der Waals surface area contributed by atoms with E-state index in [1.165, 1.54) is 25.1 Å². The summed E-state index contributed by atoms with van der Waals surface area (Å²) in [7, 11) is 0. The first-order chi connectivity index (χ1) is 13.9. The normalized spacial score (nSPS) is 16.5. The monoisotopic (exact) mass is 400 g/mol. The number of hydrogen-bond donors (Lipinski definition) is 1. The zero-order valence-corrected chi connectivity index (χ0v) is 15.7. The minimum Gasteiger partial charge on any atom is -0.486 e. The molecular formula is C23H19F3O3. The molecule has 2 atom stereocenters. The van der Waals surface area contributed by atoms with Crippen LogP contribution in [0.2, 0.25) is 0 Å². The minimum absolute atomic E-state index is 0.00189. The van der Waals surface area contributed by atoms with E-state index < -0.39 is 17.7 Å². The van der Waals surface area contributed by atoms with Crippen molar-refractivity contribution in [2.75, 3.05) is 6.61 Å². The maximum absolute atomic E-state index is 14.4. The molecule has 0 amide bonds. The SMILES string of the molecule is CC(O)c1ccc(OCc2ccc(-c3ccc(C4CO4)cc3F)cc2)c(F)c1F. The Kier molecular flexibility index (Phi) is 5.30. The zero-order valence-electron chi connectivity index (χ0n) is 15.7. The van der Waals surface area contributed by atoms with E-state index >= 15 is 0 Å². The molecule has 1 saturated heterocycles. The molecule has 0 spiro atoms. The highest BCUT2D eigenvalue weighted by atomic mass is 19.2. The number of halogens is 3. The van der Waals surface area contributed by atoms with Gasteiger partial charge in [0.25, 0.3) is 0 Å². The van der Waals surface area contributed by atoms with Crippen LogP contribution in [0.15, 0.2) is 54.6 Å². The number of ether oxygens (including phenoxy) is 2. The van der Waals surface area contributed by atoms with Crippen LogP contribution in [0.25, 0.3) is 11.1 Å². The smallest absolute Gasteiger partial charge is 0.201 e. The number of aliphatic hydroxyl groups excluding tert-OH is 1. The van der Waals surface area contributed by atoms with Crippen LogP contribution >= 0.6 is 0 Å². The lowest BCUT2D eigenvalue weighted by Crippen LogP contribution is -2.03. The molecule has 1 fully saturated rings. The van der Waals surface area contributed by atoms with Crippen molar-refractivity contribution >= 4 is 0 Å². The van der Waals surface area contributed by atoms with Crippen molar-refractivity contribution in [2.45, 2.75) is 25.7 Å². The van der Waals surface area contributed by atoms with Gasteiger partial charge < -0.3 is 14.6 Å². The largest absolute Gasteiger partial charge is 0.486 e. The number of epoxide rings is 1. The molecule has 3 aromatic rings. The lowest BCUT2D eigenvalue weighted by atomic mass is 10.0. The van der Waals surface area contributed by atoms with E-state index in [9.17, 15) is 18.3 Å². The van der Waals surface area contributed by atoms with E-state index in [0.717, 1.165) is 11.1 Å². The fraction of sp³-hybridized carbons (Fsp3) is 0.217. The van der Waals surface area contributed by atoms with E-state index in [1.54, 1.807) is 30.3 Å². The fourth-order valence-corrected chi connectivity index (χ4v) is 3.13. The van der Waals surface area contributed by atoms with E-state index in [2.05, 4.69) is 0 Å². The van der Waals surface area contributed by atoms with E-state index in [4.69, 9.17) is 9.47 Å². The third-order valence-corrected chi connectivity index (χ3v) is 4.88. The Bertz CT molecular complexity index is 1030. The summed E-state index contributed by atoms with van der Waals surface area (Å²) in [5.41, 5.74) is 2.60. The molecular weight excluding hydrogens is 381 g/mol. The van der Waals surface area contributed by atoms with E-state index in [0.29, 0.717) is 17.7 Å². The third-order valence-electron chi connectivity index (χ3n) is 4.88. The molecule has 1 heterocycles. The Labute approximate surface area is 166 Å². The maximum Gasteiger partial charge on any atom is 0.201 e. The van der Waals surface area contributed by atoms with Gasteiger partial charge in [-0.05, 0) is 41.8 Å². The van der Waals surface area contributed by atoms with Crippen LogP contribution < -0.4 is 4.74 Å². The molecule has 29 heavy (non-hydrogen) atoms. The molecule has 0 saturated carbocycles. The molecule has 4 rings (SSSR count). The molecule has 1 N–H and O–H groups in total. The Morgan fingerprint density at radius 1 is 1.03 bits per heavy atom. The van der Waals surface area contributed by atoms with Crippen molar-refractivity contribution in [3.05, 3.63) is 88.7 Å². The van der Waals surface area contributed by atoms with Crippen LogP contribution in [0.3, 0.4) is 0 Å². The van der Waals surface area contributed by atoms with Crippen molar-refractivity contribution < 1.29 is 27.8 Å². The van der Waals surface area contributed by atoms with Crippen LogP contribution in [0.5, 0.6) is 5.75 Å². The summed E-state index contributed by atoms with van der Waals surface area (Å²) >= 11 is 0. The number of benzene rings is 3. The summed E-state index contributed by atoms with van der Waals surface area (Å²) in [6.07, 6.45) is -1.12. The minimum atomic E-state index is -1.14. The van der Waals surface area contributed by atoms with Crippen molar-refractivity contribution in [1.82, 2.24) is 0 Å². The van der Waals surface area contributed by atoms with Crippen molar-refractivity contribution in [3.8, 4) is 16.9 Å². The number of aliphatic hydroxyl groups is 1. The standard InChI is InChI=1S/C23H19F3O3/c1-13(27)17-8-9-20(23(26)22(17)25)28-11-14-2-4-15(5-3-14)18-7-6-16(10-19(18)24)21-12-29-21/h2-10,13,21,27H,11-12H2,1H3. The second-order valence-electron chi connectivity index (χ2n) is 7.00. The Morgan fingerprint density at radius 2 is 1.76 bits per heavy atom. The Balaban J connectivity index is 1.46. The van der Waals surface area contributed by atoms with Gasteiger partial charge in [-0.3, -0.25) is 0 Å². The van der Waals surface area contributed by atoms with Crippen LogP contribution in [-0.2, 0) is 11.3 Å². The van der Waals surface area contributed by atoms with E-state index in [1.807, 2.05) is 6.07 Å². The molecule has 0 bridgehead atoms. The molecule has 2 unspecified atom stereocenters. The average molecular weight is 400 g/mol. The van der Waals surface area contributed by atoms with Crippen molar-refractivity contribution in [2.24, 2.45) is 0 Å². The molecule has 3 nitrogen and oxygen atoms in total. The average Bonchev–Trinajstić information content (AvgIpc) is 3.55. The van der Waals surface area contributed by atoms with Gasteiger partial charge >= 0.3 is 0 Å². The lowest BCUT2D eigenvalue weighted by Gasteiger charge is -2.12. The summed E-state index contributed by atoms with van der Waals surface area (Å²) < 4.78 is 53.0. The van der Waals surface area contributed by atoms with Gasteiger partial charge in [0.05, 0.1) is 12.7 Å². The number of rotatable bonds is 6. The van der Waals surface area contributed by atoms with Crippen molar-refractivity contribution in [1.29, 1.82) is 0 Å². The Morgan fingerprint density at radius 3 is 2.38 bits per heavy atom. The highest BCUT2D eigenvalue weighted by Gasteiger charge is 2.25. The molecule has 0 aromatic heterocycles. The van der Waals surface area contributed by atoms with Gasteiger partial charge in [0.15, 0.2) is 11.6 Å². The first kappa shape index (κ1) is 19.5. The van der Waals surface area contributed by atoms with Gasteiger partial charge in [0, 0.05) is 11.1 Å². The first-order valence-corrected chi connectivity index (χ1v) is 9.23. The summed E-state index contributed by atoms with van der Waals surface area (Å²) in [4.78, 5) is 0. The quantitative estimate of drug-likeness (QED) is 0.558. The molecule has 1 aliphatic rings. The summed E-state index contributed by atoms with van der Waals surface area (Å²) in [6.45, 7) is 2.00. The highest BCUT2D eigenvalue weighted by molar-refractivity contribution is 5.65. The molecule has 0 aliphatic carbocycles. The third kappa shape index (κ3) is 4.13. The fourth-order valence-electron chi connectivity index (χ4n) is 3.13. The molecule has 1 aliphatic heterocycles. The van der Waals surface area contributed by atoms with Gasteiger partial charge in [-0.25, -0.2) is 8.78 Å². The predicted molar refractivity (Wildman–Crippen MR) is 102 cm³/mol. The number of hydrogen-bond acceptors (Lipinski definition) is 3. The van der Waals surface area contributed by atoms with Crippen LogP contribution in [0.4, 0.5) is 13.2 Å². The van der Waals surface area contributed by atoms with Gasteiger partial charge in [0.1, 0.15) is 18.5 Å². The summed E-state index contributed by atoms with van der Waals surface area (Å²) in [6, 6.07) is 14.6. The highest BCUT2D eigenvalue weighted by Crippen LogP contribution is 2.33. The summed E-state index contributed by atoms with van der Waals surface area (Å²) in [5, 5.41) is 9.43. The van der Waals surface area contributed by atoms with E-state index in [-0.39, 0.29) is 29.8 Å². The summed E-state index contributed by atoms with van der Waals surface area (Å²) in [5.74, 6) is -2.82. The molecule has 150 valence electrons. The van der Waals surface area contributed by atoms with Gasteiger partial charge in [-0.2, -0.15) is 4.39 Å². The van der Waals surface area contributed by atoms with Gasteiger partial charge in [-0.1, -0.05) is 36.4 Å². The lowest BCUT2D eigenvalue weighted by molar-refractivity contribution is 0.191. The second-order valence-corrected chi connectivity index (χ2v) is 7.00. The molecule has 3 aromatic carbocycles. The second kappa shape index (κ2) is 7.89. The van der Waals surface area contributed by atoms with Gasteiger partial charge in [-0.15, -0.1) is 0 Å². The van der Waals surface area contributed by atoms with Gasteiger partial charge in [0.2, 0.25) is 5.82 Å². The zero-order chi connectivity index (χ0) is 20.5. The van der Waals surface area contributed by atoms with Crippen LogP contribution in [0, 0.1) is 17.5 Å². The van der Waals surface area contributed by atoms with Crippen LogP contribution in [0.1, 0.15) is 35.8 Å². The topological polar surface area (TPSA) is 42.0 Å².